The Morgan fingerprint density at radius 3 is 2.36 bits per heavy atom. The Hall–Kier alpha value is -0.500. The molecule has 7 heteroatoms. The van der Waals surface area contributed by atoms with Crippen LogP contribution in [0.3, 0.4) is 0 Å². The average Bonchev–Trinajstić information content (AvgIpc) is 3.08. The van der Waals surface area contributed by atoms with Crippen LogP contribution in [0.15, 0.2) is 15.9 Å². The first kappa shape index (κ1) is 16.4. The van der Waals surface area contributed by atoms with Gasteiger partial charge in [0, 0.05) is 43.0 Å². The van der Waals surface area contributed by atoms with Gasteiger partial charge in [-0.2, -0.15) is 0 Å². The first-order chi connectivity index (χ1) is 10.4. The number of hydrogen-bond donors (Lipinski definition) is 0. The van der Waals surface area contributed by atoms with Crippen molar-refractivity contribution in [3.8, 4) is 0 Å². The summed E-state index contributed by atoms with van der Waals surface area (Å²) in [5.74, 6) is 0. The van der Waals surface area contributed by atoms with Crippen LogP contribution in [-0.2, 0) is 12.0 Å². The molecule has 3 rings (SSSR count). The van der Waals surface area contributed by atoms with Crippen LogP contribution in [-0.4, -0.2) is 41.3 Å². The third-order valence-corrected chi connectivity index (χ3v) is 6.73. The molecule has 0 unspecified atom stereocenters. The van der Waals surface area contributed by atoms with E-state index < -0.39 is 0 Å². The zero-order chi connectivity index (χ0) is 15.7. The van der Waals surface area contributed by atoms with Crippen molar-refractivity contribution in [3.05, 3.63) is 25.8 Å². The minimum Gasteiger partial charge on any atom is -0.344 e. The molecule has 0 spiro atoms. The molecule has 2 aromatic heterocycles. The predicted octanol–water partition coefficient (Wildman–Crippen LogP) is 3.98. The molecule has 4 nitrogen and oxygen atoms in total. The van der Waals surface area contributed by atoms with E-state index in [1.165, 1.54) is 8.66 Å². The number of aromatic nitrogens is 2. The van der Waals surface area contributed by atoms with Crippen LogP contribution in [0, 0.1) is 0 Å². The summed E-state index contributed by atoms with van der Waals surface area (Å²) < 4.78 is 1.21. The van der Waals surface area contributed by atoms with Gasteiger partial charge < -0.3 is 4.90 Å². The summed E-state index contributed by atoms with van der Waals surface area (Å²) in [7, 11) is 0. The summed E-state index contributed by atoms with van der Waals surface area (Å²) in [6, 6.07) is 4.34. The fourth-order valence-electron chi connectivity index (χ4n) is 2.40. The lowest BCUT2D eigenvalue weighted by Crippen LogP contribution is -2.45. The SMILES string of the molecule is CC(C)(C)c1nnc(N2CCN(Cc3ccc(Br)s3)CC2)s1. The molecule has 0 aromatic carbocycles. The molecule has 120 valence electrons. The number of anilines is 1. The van der Waals surface area contributed by atoms with Crippen LogP contribution in [0.4, 0.5) is 5.13 Å². The van der Waals surface area contributed by atoms with Crippen molar-refractivity contribution in [2.45, 2.75) is 32.7 Å². The number of halogens is 1. The minimum atomic E-state index is 0.0876. The molecule has 0 bridgehead atoms. The molecule has 0 amide bonds. The molecule has 1 saturated heterocycles. The van der Waals surface area contributed by atoms with Gasteiger partial charge in [0.1, 0.15) is 5.01 Å². The van der Waals surface area contributed by atoms with Gasteiger partial charge in [0.25, 0.3) is 0 Å². The Kier molecular flexibility index (Phi) is 4.87. The van der Waals surface area contributed by atoms with Gasteiger partial charge in [-0.3, -0.25) is 4.90 Å². The van der Waals surface area contributed by atoms with Crippen molar-refractivity contribution in [1.82, 2.24) is 15.1 Å². The molecule has 1 fully saturated rings. The highest BCUT2D eigenvalue weighted by Crippen LogP contribution is 2.30. The van der Waals surface area contributed by atoms with E-state index in [-0.39, 0.29) is 5.41 Å². The highest BCUT2D eigenvalue weighted by molar-refractivity contribution is 9.11. The summed E-state index contributed by atoms with van der Waals surface area (Å²) in [6.45, 7) is 11.8. The molecule has 0 saturated carbocycles. The molecule has 0 radical (unpaired) electrons. The lowest BCUT2D eigenvalue weighted by atomic mass is 9.98. The first-order valence-electron chi connectivity index (χ1n) is 7.47. The topological polar surface area (TPSA) is 32.3 Å². The Bertz CT molecular complexity index is 624. The summed E-state index contributed by atoms with van der Waals surface area (Å²) in [5.41, 5.74) is 0.0876. The van der Waals surface area contributed by atoms with Gasteiger partial charge in [-0.1, -0.05) is 32.1 Å². The van der Waals surface area contributed by atoms with E-state index >= 15 is 0 Å². The molecular formula is C15H21BrN4S2. The number of thiophene rings is 1. The van der Waals surface area contributed by atoms with Gasteiger partial charge in [-0.05, 0) is 28.1 Å². The van der Waals surface area contributed by atoms with Crippen LogP contribution in [0.25, 0.3) is 0 Å². The van der Waals surface area contributed by atoms with E-state index in [0.29, 0.717) is 0 Å². The quantitative estimate of drug-likeness (QED) is 0.779. The number of piperazine rings is 1. The van der Waals surface area contributed by atoms with Gasteiger partial charge in [0.05, 0.1) is 3.79 Å². The molecule has 0 aliphatic carbocycles. The molecule has 0 N–H and O–H groups in total. The number of rotatable bonds is 3. The normalized spacial score (nSPS) is 17.2. The average molecular weight is 401 g/mol. The van der Waals surface area contributed by atoms with Crippen LogP contribution < -0.4 is 4.90 Å². The monoisotopic (exact) mass is 400 g/mol. The molecule has 2 aromatic rings. The second-order valence-corrected chi connectivity index (χ2v) is 10.1. The van der Waals surface area contributed by atoms with Crippen molar-refractivity contribution in [2.24, 2.45) is 0 Å². The second kappa shape index (κ2) is 6.55. The van der Waals surface area contributed by atoms with Gasteiger partial charge in [-0.25, -0.2) is 0 Å². The Balaban J connectivity index is 1.56. The first-order valence-corrected chi connectivity index (χ1v) is 9.90. The fourth-order valence-corrected chi connectivity index (χ4v) is 4.88. The smallest absolute Gasteiger partial charge is 0.208 e. The molecule has 3 heterocycles. The third-order valence-electron chi connectivity index (χ3n) is 3.71. The van der Waals surface area contributed by atoms with Crippen LogP contribution >= 0.6 is 38.6 Å². The lowest BCUT2D eigenvalue weighted by Gasteiger charge is -2.34. The predicted molar refractivity (Wildman–Crippen MR) is 98.1 cm³/mol. The van der Waals surface area contributed by atoms with Crippen molar-refractivity contribution in [3.63, 3.8) is 0 Å². The maximum absolute atomic E-state index is 4.39. The van der Waals surface area contributed by atoms with E-state index in [4.69, 9.17) is 0 Å². The van der Waals surface area contributed by atoms with Crippen LogP contribution in [0.1, 0.15) is 30.7 Å². The summed E-state index contributed by atoms with van der Waals surface area (Å²) in [4.78, 5) is 6.31. The van der Waals surface area contributed by atoms with E-state index in [1.807, 2.05) is 11.3 Å². The third kappa shape index (κ3) is 3.88. The molecular weight excluding hydrogens is 380 g/mol. The van der Waals surface area contributed by atoms with Gasteiger partial charge in [-0.15, -0.1) is 21.5 Å². The zero-order valence-electron chi connectivity index (χ0n) is 13.2. The van der Waals surface area contributed by atoms with Gasteiger partial charge in [0.2, 0.25) is 5.13 Å². The maximum Gasteiger partial charge on any atom is 0.208 e. The number of hydrogen-bond acceptors (Lipinski definition) is 6. The van der Waals surface area contributed by atoms with E-state index in [9.17, 15) is 0 Å². The van der Waals surface area contributed by atoms with E-state index in [1.54, 1.807) is 11.3 Å². The maximum atomic E-state index is 4.39. The minimum absolute atomic E-state index is 0.0876. The van der Waals surface area contributed by atoms with Crippen LogP contribution in [0.2, 0.25) is 0 Å². The largest absolute Gasteiger partial charge is 0.344 e. The van der Waals surface area contributed by atoms with E-state index in [2.05, 4.69) is 68.8 Å². The molecule has 1 aliphatic heterocycles. The van der Waals surface area contributed by atoms with Crippen molar-refractivity contribution < 1.29 is 0 Å². The van der Waals surface area contributed by atoms with Gasteiger partial charge in [0.15, 0.2) is 0 Å². The van der Waals surface area contributed by atoms with Crippen molar-refractivity contribution in [2.75, 3.05) is 31.1 Å². The Morgan fingerprint density at radius 2 is 1.82 bits per heavy atom. The Morgan fingerprint density at radius 1 is 1.09 bits per heavy atom. The summed E-state index contributed by atoms with van der Waals surface area (Å²) in [6.07, 6.45) is 0. The lowest BCUT2D eigenvalue weighted by molar-refractivity contribution is 0.252. The van der Waals surface area contributed by atoms with E-state index in [0.717, 1.165) is 42.9 Å². The van der Waals surface area contributed by atoms with Crippen molar-refractivity contribution in [1.29, 1.82) is 0 Å². The highest BCUT2D eigenvalue weighted by atomic mass is 79.9. The summed E-state index contributed by atoms with van der Waals surface area (Å²) >= 11 is 7.09. The van der Waals surface area contributed by atoms with Crippen LogP contribution in [0.5, 0.6) is 0 Å². The summed E-state index contributed by atoms with van der Waals surface area (Å²) in [5, 5.41) is 10.9. The second-order valence-electron chi connectivity index (χ2n) is 6.61. The molecule has 22 heavy (non-hydrogen) atoms. The highest BCUT2D eigenvalue weighted by Gasteiger charge is 2.24. The standard InChI is InChI=1S/C15H21BrN4S2/c1-15(2,3)13-17-18-14(22-13)20-8-6-19(7-9-20)10-11-4-5-12(16)21-11/h4-5H,6-10H2,1-3H3. The fraction of sp³-hybridized carbons (Fsp3) is 0.600. The molecule has 1 aliphatic rings. The van der Waals surface area contributed by atoms with Gasteiger partial charge >= 0.3 is 0 Å². The molecule has 0 atom stereocenters. The van der Waals surface area contributed by atoms with Crippen molar-refractivity contribution >= 4 is 43.7 Å². The Labute approximate surface area is 148 Å². The number of nitrogens with zero attached hydrogens (tertiary/aromatic N) is 4. The zero-order valence-corrected chi connectivity index (χ0v) is 16.4.